The van der Waals surface area contributed by atoms with Crippen LogP contribution in [-0.4, -0.2) is 35.9 Å². The molecular weight excluding hydrogens is 395 g/mol. The Bertz CT molecular complexity index is 904. The SMILES string of the molecule is CC(F)(F)CCC(=O)N[C@H]1Cc2cccc(C(=O)OCc3ccccc3)c2OB1O. The lowest BCUT2D eigenvalue weighted by molar-refractivity contribution is -0.123. The Morgan fingerprint density at radius 3 is 2.67 bits per heavy atom. The zero-order valence-corrected chi connectivity index (χ0v) is 16.4. The molecule has 2 N–H and O–H groups in total. The molecule has 0 fully saturated rings. The number of ether oxygens (including phenoxy) is 1. The van der Waals surface area contributed by atoms with Gasteiger partial charge in [0, 0.05) is 12.8 Å². The van der Waals surface area contributed by atoms with E-state index in [-0.39, 0.29) is 30.8 Å². The van der Waals surface area contributed by atoms with Crippen LogP contribution < -0.4 is 9.97 Å². The van der Waals surface area contributed by atoms with E-state index in [1.165, 1.54) is 6.07 Å². The minimum absolute atomic E-state index is 0.0899. The molecule has 0 saturated carbocycles. The van der Waals surface area contributed by atoms with Crippen LogP contribution in [-0.2, 0) is 22.6 Å². The number of alkyl halides is 2. The molecule has 1 amide bonds. The summed E-state index contributed by atoms with van der Waals surface area (Å²) in [6.45, 7) is 0.833. The van der Waals surface area contributed by atoms with Crippen molar-refractivity contribution in [2.45, 2.75) is 44.7 Å². The smallest absolute Gasteiger partial charge is 0.534 e. The van der Waals surface area contributed by atoms with Gasteiger partial charge in [-0.1, -0.05) is 42.5 Å². The Labute approximate surface area is 173 Å². The first kappa shape index (κ1) is 21.8. The molecule has 9 heteroatoms. The quantitative estimate of drug-likeness (QED) is 0.535. The Morgan fingerprint density at radius 1 is 1.23 bits per heavy atom. The number of carbonyl (C=O) groups is 2. The molecule has 158 valence electrons. The summed E-state index contributed by atoms with van der Waals surface area (Å²) in [5.74, 6) is -4.78. The number of hydrogen-bond acceptors (Lipinski definition) is 5. The highest BCUT2D eigenvalue weighted by atomic mass is 19.3. The first-order valence-corrected chi connectivity index (χ1v) is 9.58. The zero-order chi connectivity index (χ0) is 21.7. The van der Waals surface area contributed by atoms with Crippen LogP contribution in [0, 0.1) is 0 Å². The summed E-state index contributed by atoms with van der Waals surface area (Å²) >= 11 is 0. The van der Waals surface area contributed by atoms with Crippen LogP contribution >= 0.6 is 0 Å². The predicted octanol–water partition coefficient (Wildman–Crippen LogP) is 2.92. The van der Waals surface area contributed by atoms with Crippen molar-refractivity contribution in [2.75, 3.05) is 0 Å². The number of hydrogen-bond donors (Lipinski definition) is 2. The minimum Gasteiger partial charge on any atom is -0.534 e. The molecule has 3 rings (SSSR count). The third-order valence-corrected chi connectivity index (χ3v) is 4.69. The third-order valence-electron chi connectivity index (χ3n) is 4.69. The van der Waals surface area contributed by atoms with E-state index in [2.05, 4.69) is 5.32 Å². The molecule has 0 saturated heterocycles. The second kappa shape index (κ2) is 9.25. The van der Waals surface area contributed by atoms with E-state index < -0.39 is 37.3 Å². The number of halogens is 2. The normalized spacial score (nSPS) is 15.7. The van der Waals surface area contributed by atoms with Crippen LogP contribution in [0.1, 0.15) is 41.3 Å². The molecule has 30 heavy (non-hydrogen) atoms. The van der Waals surface area contributed by atoms with Gasteiger partial charge in [-0.05, 0) is 30.5 Å². The topological polar surface area (TPSA) is 84.9 Å². The van der Waals surface area contributed by atoms with Gasteiger partial charge in [0.1, 0.15) is 17.9 Å². The van der Waals surface area contributed by atoms with Crippen molar-refractivity contribution in [3.05, 3.63) is 65.2 Å². The lowest BCUT2D eigenvalue weighted by atomic mass is 9.72. The maximum Gasteiger partial charge on any atom is 0.547 e. The van der Waals surface area contributed by atoms with E-state index in [4.69, 9.17) is 9.39 Å². The van der Waals surface area contributed by atoms with Gasteiger partial charge in [-0.3, -0.25) is 4.79 Å². The third kappa shape index (κ3) is 5.79. The van der Waals surface area contributed by atoms with Crippen molar-refractivity contribution in [2.24, 2.45) is 0 Å². The standard InChI is InChI=1S/C21H22BF2NO5/c1-21(23,24)11-10-18(26)25-17-12-15-8-5-9-16(19(15)30-22(17)28)20(27)29-13-14-6-3-2-4-7-14/h2-9,17,28H,10-13H2,1H3,(H,25,26)/t17-/m0/s1. The summed E-state index contributed by atoms with van der Waals surface area (Å²) in [4.78, 5) is 24.4. The van der Waals surface area contributed by atoms with Crippen molar-refractivity contribution in [3.8, 4) is 5.75 Å². The molecule has 2 aromatic carbocycles. The summed E-state index contributed by atoms with van der Waals surface area (Å²) in [7, 11) is -1.42. The van der Waals surface area contributed by atoms with Crippen LogP contribution in [0.4, 0.5) is 8.78 Å². The predicted molar refractivity (Wildman–Crippen MR) is 106 cm³/mol. The van der Waals surface area contributed by atoms with E-state index in [9.17, 15) is 23.4 Å². The maximum atomic E-state index is 12.9. The minimum atomic E-state index is -2.94. The van der Waals surface area contributed by atoms with Gasteiger partial charge in [-0.2, -0.15) is 0 Å². The number of nitrogens with one attached hydrogen (secondary N) is 1. The van der Waals surface area contributed by atoms with E-state index in [0.29, 0.717) is 5.56 Å². The first-order chi connectivity index (χ1) is 14.2. The summed E-state index contributed by atoms with van der Waals surface area (Å²) in [5, 5.41) is 12.8. The summed E-state index contributed by atoms with van der Waals surface area (Å²) in [6.07, 6.45) is -0.771. The zero-order valence-electron chi connectivity index (χ0n) is 16.4. The highest BCUT2D eigenvalue weighted by molar-refractivity contribution is 6.47. The number of rotatable bonds is 7. The molecular formula is C21H22BF2NO5. The molecule has 0 bridgehead atoms. The van der Waals surface area contributed by atoms with Gasteiger partial charge in [0.25, 0.3) is 0 Å². The maximum absolute atomic E-state index is 12.9. The van der Waals surface area contributed by atoms with Crippen molar-refractivity contribution in [1.82, 2.24) is 5.32 Å². The van der Waals surface area contributed by atoms with Gasteiger partial charge < -0.3 is 19.7 Å². The molecule has 0 aliphatic carbocycles. The van der Waals surface area contributed by atoms with E-state index in [1.807, 2.05) is 30.3 Å². The highest BCUT2D eigenvalue weighted by Crippen LogP contribution is 2.31. The average molecular weight is 417 g/mol. The molecule has 6 nitrogen and oxygen atoms in total. The number of esters is 1. The lowest BCUT2D eigenvalue weighted by Crippen LogP contribution is -2.53. The van der Waals surface area contributed by atoms with Gasteiger partial charge >= 0.3 is 13.1 Å². The fourth-order valence-electron chi connectivity index (χ4n) is 3.12. The van der Waals surface area contributed by atoms with Gasteiger partial charge in [-0.25, -0.2) is 13.6 Å². The Balaban J connectivity index is 1.65. The summed E-state index contributed by atoms with van der Waals surface area (Å²) in [6, 6.07) is 14.1. The highest BCUT2D eigenvalue weighted by Gasteiger charge is 2.38. The van der Waals surface area contributed by atoms with E-state index >= 15 is 0 Å². The van der Waals surface area contributed by atoms with Crippen molar-refractivity contribution in [3.63, 3.8) is 0 Å². The van der Waals surface area contributed by atoms with Crippen molar-refractivity contribution < 1.29 is 32.8 Å². The molecule has 1 heterocycles. The second-order valence-electron chi connectivity index (χ2n) is 7.31. The number of benzene rings is 2. The molecule has 0 aromatic heterocycles. The molecule has 1 aliphatic heterocycles. The van der Waals surface area contributed by atoms with Crippen LogP contribution in [0.15, 0.2) is 48.5 Å². The van der Waals surface area contributed by atoms with Crippen LogP contribution in [0.25, 0.3) is 0 Å². The van der Waals surface area contributed by atoms with Crippen LogP contribution in [0.3, 0.4) is 0 Å². The molecule has 1 aliphatic rings. The van der Waals surface area contributed by atoms with Gasteiger partial charge in [0.05, 0.1) is 5.94 Å². The molecule has 0 radical (unpaired) electrons. The average Bonchev–Trinajstić information content (AvgIpc) is 2.71. The Morgan fingerprint density at radius 2 is 1.97 bits per heavy atom. The lowest BCUT2D eigenvalue weighted by Gasteiger charge is -2.29. The first-order valence-electron chi connectivity index (χ1n) is 9.58. The number of carbonyl (C=O) groups excluding carboxylic acids is 2. The summed E-state index contributed by atoms with van der Waals surface area (Å²) < 4.78 is 36.7. The number of para-hydroxylation sites is 1. The largest absolute Gasteiger partial charge is 0.547 e. The van der Waals surface area contributed by atoms with E-state index in [0.717, 1.165) is 12.5 Å². The molecule has 0 spiro atoms. The van der Waals surface area contributed by atoms with E-state index in [1.54, 1.807) is 12.1 Å². The number of amides is 1. The molecule has 0 unspecified atom stereocenters. The monoisotopic (exact) mass is 417 g/mol. The molecule has 1 atom stereocenters. The number of fused-ring (bicyclic) bond motifs is 1. The van der Waals surface area contributed by atoms with Crippen molar-refractivity contribution in [1.29, 1.82) is 0 Å². The van der Waals surface area contributed by atoms with Crippen LogP contribution in [0.5, 0.6) is 5.75 Å². The van der Waals surface area contributed by atoms with Gasteiger partial charge in [0.15, 0.2) is 0 Å². The molecule has 2 aromatic rings. The van der Waals surface area contributed by atoms with Gasteiger partial charge in [0.2, 0.25) is 11.8 Å². The summed E-state index contributed by atoms with van der Waals surface area (Å²) in [5.41, 5.74) is 1.59. The fraction of sp³-hybridized carbons (Fsp3) is 0.333. The second-order valence-corrected chi connectivity index (χ2v) is 7.31. The van der Waals surface area contributed by atoms with Crippen molar-refractivity contribution >= 4 is 19.0 Å². The fourth-order valence-corrected chi connectivity index (χ4v) is 3.12. The Kier molecular flexibility index (Phi) is 6.71. The van der Waals surface area contributed by atoms with Crippen LogP contribution in [0.2, 0.25) is 0 Å². The van der Waals surface area contributed by atoms with Gasteiger partial charge in [-0.15, -0.1) is 0 Å². The Hall–Kier alpha value is -2.94.